The van der Waals surface area contributed by atoms with Gasteiger partial charge in [-0.05, 0) is 18.5 Å². The first-order chi connectivity index (χ1) is 9.29. The number of rotatable bonds is 6. The summed E-state index contributed by atoms with van der Waals surface area (Å²) in [5.74, 6) is 0.489. The lowest BCUT2D eigenvalue weighted by Crippen LogP contribution is -2.22. The Labute approximate surface area is 111 Å². The molecule has 100 valence electrons. The fourth-order valence-electron chi connectivity index (χ4n) is 1.64. The highest BCUT2D eigenvalue weighted by atomic mass is 16.5. The van der Waals surface area contributed by atoms with Crippen LogP contribution in [0.4, 0.5) is 0 Å². The highest BCUT2D eigenvalue weighted by Crippen LogP contribution is 2.05. The molecule has 2 N–H and O–H groups in total. The third-order valence-electron chi connectivity index (χ3n) is 2.64. The molecule has 0 unspecified atom stereocenters. The van der Waals surface area contributed by atoms with E-state index < -0.39 is 0 Å². The van der Waals surface area contributed by atoms with Gasteiger partial charge in [-0.2, -0.15) is 5.10 Å². The molecule has 0 spiro atoms. The van der Waals surface area contributed by atoms with Crippen LogP contribution >= 0.6 is 0 Å². The normalized spacial score (nSPS) is 10.4. The quantitative estimate of drug-likeness (QED) is 0.786. The second-order valence-corrected chi connectivity index (χ2v) is 4.16. The summed E-state index contributed by atoms with van der Waals surface area (Å²) in [5.41, 5.74) is 6.24. The van der Waals surface area contributed by atoms with E-state index in [1.165, 1.54) is 10.7 Å². The maximum atomic E-state index is 11.9. The van der Waals surface area contributed by atoms with Gasteiger partial charge in [0.25, 0.3) is 5.56 Å². The van der Waals surface area contributed by atoms with Gasteiger partial charge in [0.15, 0.2) is 0 Å². The Morgan fingerprint density at radius 2 is 2.05 bits per heavy atom. The van der Waals surface area contributed by atoms with Gasteiger partial charge in [0.2, 0.25) is 0 Å². The van der Waals surface area contributed by atoms with E-state index in [9.17, 15) is 4.79 Å². The number of nitrogens with zero attached hydrogens (tertiary/aromatic N) is 2. The number of aromatic nitrogens is 2. The van der Waals surface area contributed by atoms with Crippen LogP contribution in [0.2, 0.25) is 0 Å². The summed E-state index contributed by atoms with van der Waals surface area (Å²) in [6, 6.07) is 11.2. The second-order valence-electron chi connectivity index (χ2n) is 4.16. The highest BCUT2D eigenvalue weighted by Gasteiger charge is 2.02. The van der Waals surface area contributed by atoms with Crippen molar-refractivity contribution < 1.29 is 4.74 Å². The largest absolute Gasteiger partial charge is 0.492 e. The molecule has 0 atom stereocenters. The molecule has 1 heterocycles. The monoisotopic (exact) mass is 259 g/mol. The first-order valence-electron chi connectivity index (χ1n) is 6.23. The van der Waals surface area contributed by atoms with Gasteiger partial charge in [0, 0.05) is 6.07 Å². The zero-order valence-corrected chi connectivity index (χ0v) is 10.7. The summed E-state index contributed by atoms with van der Waals surface area (Å²) in [6.07, 6.45) is 2.31. The number of ether oxygens (including phenoxy) is 1. The van der Waals surface area contributed by atoms with Crippen LogP contribution < -0.4 is 16.0 Å². The van der Waals surface area contributed by atoms with Crippen molar-refractivity contribution in [3.63, 3.8) is 0 Å². The van der Waals surface area contributed by atoms with Crippen LogP contribution in [-0.4, -0.2) is 22.9 Å². The minimum Gasteiger partial charge on any atom is -0.492 e. The van der Waals surface area contributed by atoms with Crippen LogP contribution in [0.5, 0.6) is 5.75 Å². The van der Waals surface area contributed by atoms with Crippen LogP contribution in [0.15, 0.2) is 47.4 Å². The average molecular weight is 259 g/mol. The number of benzene rings is 1. The number of hydrogen-bond acceptors (Lipinski definition) is 4. The Morgan fingerprint density at radius 3 is 2.74 bits per heavy atom. The molecule has 0 saturated heterocycles. The van der Waals surface area contributed by atoms with E-state index in [1.807, 2.05) is 30.3 Å². The third-order valence-corrected chi connectivity index (χ3v) is 2.64. The van der Waals surface area contributed by atoms with Crippen LogP contribution in [0, 0.1) is 0 Å². The average Bonchev–Trinajstić information content (AvgIpc) is 2.43. The fourth-order valence-corrected chi connectivity index (χ4v) is 1.64. The SMILES string of the molecule is NCCCOc1cnn(Cc2ccccc2)c(=O)c1. The molecule has 0 saturated carbocycles. The standard InChI is InChI=1S/C14H17N3O2/c15-7-4-8-19-13-9-14(18)17(16-10-13)11-12-5-2-1-3-6-12/h1-3,5-6,9-10H,4,7-8,11,15H2. The van der Waals surface area contributed by atoms with E-state index in [2.05, 4.69) is 5.10 Å². The van der Waals surface area contributed by atoms with E-state index in [1.54, 1.807) is 6.20 Å². The van der Waals surface area contributed by atoms with E-state index >= 15 is 0 Å². The Morgan fingerprint density at radius 1 is 1.26 bits per heavy atom. The first kappa shape index (κ1) is 13.3. The molecule has 5 nitrogen and oxygen atoms in total. The molecular weight excluding hydrogens is 242 g/mol. The fraction of sp³-hybridized carbons (Fsp3) is 0.286. The van der Waals surface area contributed by atoms with Gasteiger partial charge in [-0.15, -0.1) is 0 Å². The lowest BCUT2D eigenvalue weighted by Gasteiger charge is -2.07. The predicted molar refractivity (Wildman–Crippen MR) is 73.2 cm³/mol. The molecule has 5 heteroatoms. The van der Waals surface area contributed by atoms with Crippen molar-refractivity contribution in [3.8, 4) is 5.75 Å². The van der Waals surface area contributed by atoms with Gasteiger partial charge >= 0.3 is 0 Å². The van der Waals surface area contributed by atoms with Crippen molar-refractivity contribution in [3.05, 3.63) is 58.5 Å². The van der Waals surface area contributed by atoms with Crippen molar-refractivity contribution in [2.45, 2.75) is 13.0 Å². The van der Waals surface area contributed by atoms with E-state index in [0.717, 1.165) is 12.0 Å². The zero-order chi connectivity index (χ0) is 13.5. The molecule has 1 aromatic heterocycles. The summed E-state index contributed by atoms with van der Waals surface area (Å²) in [7, 11) is 0. The smallest absolute Gasteiger partial charge is 0.270 e. The van der Waals surface area contributed by atoms with Gasteiger partial charge in [0.05, 0.1) is 19.3 Å². The van der Waals surface area contributed by atoms with Crippen molar-refractivity contribution in [1.29, 1.82) is 0 Å². The van der Waals surface area contributed by atoms with E-state index in [4.69, 9.17) is 10.5 Å². The van der Waals surface area contributed by atoms with E-state index in [-0.39, 0.29) is 5.56 Å². The van der Waals surface area contributed by atoms with Gasteiger partial charge in [-0.25, -0.2) is 4.68 Å². The van der Waals surface area contributed by atoms with Crippen LogP contribution in [-0.2, 0) is 6.54 Å². The molecule has 0 aliphatic heterocycles. The second kappa shape index (κ2) is 6.70. The molecule has 0 fully saturated rings. The van der Waals surface area contributed by atoms with Gasteiger partial charge in [-0.1, -0.05) is 30.3 Å². The minimum atomic E-state index is -0.172. The van der Waals surface area contributed by atoms with Crippen LogP contribution in [0.3, 0.4) is 0 Å². The van der Waals surface area contributed by atoms with Gasteiger partial charge < -0.3 is 10.5 Å². The Balaban J connectivity index is 2.05. The summed E-state index contributed by atoms with van der Waals surface area (Å²) in [5, 5.41) is 4.10. The molecule has 1 aromatic carbocycles. The minimum absolute atomic E-state index is 0.172. The van der Waals surface area contributed by atoms with Gasteiger partial charge in [-0.3, -0.25) is 4.79 Å². The number of hydrogen-bond donors (Lipinski definition) is 1. The highest BCUT2D eigenvalue weighted by molar-refractivity contribution is 5.17. The third kappa shape index (κ3) is 3.93. The predicted octanol–water partition coefficient (Wildman–Crippen LogP) is 1.02. The molecule has 2 aromatic rings. The summed E-state index contributed by atoms with van der Waals surface area (Å²) < 4.78 is 6.78. The Hall–Kier alpha value is -2.14. The summed E-state index contributed by atoms with van der Waals surface area (Å²) in [4.78, 5) is 11.9. The zero-order valence-electron chi connectivity index (χ0n) is 10.7. The molecule has 2 rings (SSSR count). The molecule has 0 bridgehead atoms. The van der Waals surface area contributed by atoms with Crippen LogP contribution in [0.25, 0.3) is 0 Å². The van der Waals surface area contributed by atoms with Crippen molar-refractivity contribution >= 4 is 0 Å². The van der Waals surface area contributed by atoms with Crippen molar-refractivity contribution in [1.82, 2.24) is 9.78 Å². The topological polar surface area (TPSA) is 70.1 Å². The Kier molecular flexibility index (Phi) is 4.69. The maximum absolute atomic E-state index is 11.9. The molecule has 0 aliphatic rings. The Bertz CT molecular complexity index is 566. The summed E-state index contributed by atoms with van der Waals surface area (Å²) in [6.45, 7) is 1.53. The van der Waals surface area contributed by atoms with Gasteiger partial charge in [0.1, 0.15) is 5.75 Å². The lowest BCUT2D eigenvalue weighted by atomic mass is 10.2. The lowest BCUT2D eigenvalue weighted by molar-refractivity contribution is 0.309. The molecule has 0 amide bonds. The van der Waals surface area contributed by atoms with Crippen molar-refractivity contribution in [2.24, 2.45) is 5.73 Å². The maximum Gasteiger partial charge on any atom is 0.270 e. The summed E-state index contributed by atoms with van der Waals surface area (Å²) >= 11 is 0. The molecule has 19 heavy (non-hydrogen) atoms. The van der Waals surface area contributed by atoms with Crippen molar-refractivity contribution in [2.75, 3.05) is 13.2 Å². The molecule has 0 aliphatic carbocycles. The van der Waals surface area contributed by atoms with Crippen LogP contribution in [0.1, 0.15) is 12.0 Å². The molecule has 0 radical (unpaired) electrons. The van der Waals surface area contributed by atoms with E-state index in [0.29, 0.717) is 25.4 Å². The number of nitrogens with two attached hydrogens (primary N) is 1. The molecular formula is C14H17N3O2. The first-order valence-corrected chi connectivity index (χ1v) is 6.23.